The van der Waals surface area contributed by atoms with Crippen LogP contribution in [-0.2, 0) is 4.74 Å². The van der Waals surface area contributed by atoms with Crippen molar-refractivity contribution >= 4 is 39.5 Å². The molecule has 6 rings (SSSR count). The Morgan fingerprint density at radius 1 is 1.06 bits per heavy atom. The Hall–Kier alpha value is -4.38. The number of aromatic nitrogens is 6. The van der Waals surface area contributed by atoms with Crippen LogP contribution < -0.4 is 21.1 Å². The lowest BCUT2D eigenvalue weighted by Crippen LogP contribution is -2.39. The number of hydrogen-bond donors (Lipinski definition) is 4. The molecule has 1 unspecified atom stereocenters. The van der Waals surface area contributed by atoms with E-state index in [2.05, 4.69) is 30.0 Å². The summed E-state index contributed by atoms with van der Waals surface area (Å²) in [5, 5.41) is 7.86. The minimum Gasteiger partial charge on any atom is -0.497 e. The number of fused-ring (bicyclic) bond motifs is 2. The third-order valence-corrected chi connectivity index (χ3v) is 6.02. The molecule has 11 heteroatoms. The molecule has 1 fully saturated rings. The number of morpholine rings is 1. The van der Waals surface area contributed by atoms with Crippen molar-refractivity contribution in [2.45, 2.75) is 6.10 Å². The first-order valence-electron chi connectivity index (χ1n) is 10.9. The van der Waals surface area contributed by atoms with Crippen LogP contribution in [0, 0.1) is 0 Å². The zero-order valence-corrected chi connectivity index (χ0v) is 18.4. The van der Waals surface area contributed by atoms with Crippen LogP contribution >= 0.6 is 0 Å². The van der Waals surface area contributed by atoms with Crippen molar-refractivity contribution in [1.82, 2.24) is 30.1 Å². The minimum absolute atomic E-state index is 0.204. The van der Waals surface area contributed by atoms with Gasteiger partial charge < -0.3 is 30.8 Å². The van der Waals surface area contributed by atoms with Gasteiger partial charge in [-0.15, -0.1) is 0 Å². The molecule has 1 aliphatic heterocycles. The largest absolute Gasteiger partial charge is 0.497 e. The number of methoxy groups -OCH3 is 1. The van der Waals surface area contributed by atoms with E-state index in [4.69, 9.17) is 25.9 Å². The second-order valence-electron chi connectivity index (χ2n) is 8.15. The van der Waals surface area contributed by atoms with E-state index in [9.17, 15) is 0 Å². The number of ether oxygens (including phenoxy) is 2. The van der Waals surface area contributed by atoms with E-state index < -0.39 is 0 Å². The van der Waals surface area contributed by atoms with Crippen LogP contribution in [-0.4, -0.2) is 56.9 Å². The maximum atomic E-state index is 6.09. The topological polar surface area (TPSA) is 157 Å². The molecular formula is C23H23N9O2. The summed E-state index contributed by atoms with van der Waals surface area (Å²) in [6, 6.07) is 13.5. The summed E-state index contributed by atoms with van der Waals surface area (Å²) in [6.07, 6.45) is -0.240. The Morgan fingerprint density at radius 2 is 1.97 bits per heavy atom. The van der Waals surface area contributed by atoms with Gasteiger partial charge in [-0.05, 0) is 24.3 Å². The first-order chi connectivity index (χ1) is 16.6. The summed E-state index contributed by atoms with van der Waals surface area (Å²) in [5.74, 6) is 2.94. The van der Waals surface area contributed by atoms with E-state index in [1.165, 1.54) is 0 Å². The van der Waals surface area contributed by atoms with Gasteiger partial charge in [0.05, 0.1) is 42.5 Å². The van der Waals surface area contributed by atoms with Gasteiger partial charge in [0.15, 0.2) is 5.82 Å². The van der Waals surface area contributed by atoms with Crippen molar-refractivity contribution in [2.24, 2.45) is 0 Å². The molecule has 0 bridgehead atoms. The molecule has 0 radical (unpaired) electrons. The number of hydrogen-bond acceptors (Lipinski definition) is 9. The maximum Gasteiger partial charge on any atom is 0.222 e. The predicted molar refractivity (Wildman–Crippen MR) is 129 cm³/mol. The normalized spacial score (nSPS) is 16.4. The Labute approximate surface area is 194 Å². The van der Waals surface area contributed by atoms with Crippen LogP contribution in [0.5, 0.6) is 5.75 Å². The quantitative estimate of drug-likeness (QED) is 0.318. The molecule has 1 aliphatic rings. The van der Waals surface area contributed by atoms with Crippen molar-refractivity contribution in [2.75, 3.05) is 43.2 Å². The number of imidazole rings is 1. The van der Waals surface area contributed by atoms with Crippen LogP contribution in [0.15, 0.2) is 42.5 Å². The highest BCUT2D eigenvalue weighted by Gasteiger charge is 2.26. The fourth-order valence-corrected chi connectivity index (χ4v) is 4.27. The van der Waals surface area contributed by atoms with E-state index in [1.54, 1.807) is 7.11 Å². The molecule has 0 saturated carbocycles. The summed E-state index contributed by atoms with van der Waals surface area (Å²) in [5.41, 5.74) is 16.2. The Bertz CT molecular complexity index is 1510. The van der Waals surface area contributed by atoms with E-state index >= 15 is 0 Å². The van der Waals surface area contributed by atoms with Crippen LogP contribution in [0.4, 0.5) is 17.6 Å². The van der Waals surface area contributed by atoms with Gasteiger partial charge in [-0.2, -0.15) is 10.1 Å². The summed E-state index contributed by atoms with van der Waals surface area (Å²) < 4.78 is 11.3. The number of nitrogens with one attached hydrogen (secondary N) is 2. The van der Waals surface area contributed by atoms with Gasteiger partial charge in [0.1, 0.15) is 23.5 Å². The fraction of sp³-hybridized carbons (Fsp3) is 0.217. The highest BCUT2D eigenvalue weighted by atomic mass is 16.5. The molecule has 5 aromatic rings. The lowest BCUT2D eigenvalue weighted by atomic mass is 10.1. The minimum atomic E-state index is -0.240. The summed E-state index contributed by atoms with van der Waals surface area (Å²) in [4.78, 5) is 19.1. The molecular weight excluding hydrogens is 434 g/mol. The number of nitrogens with two attached hydrogens (primary N) is 2. The third kappa shape index (κ3) is 3.52. The van der Waals surface area contributed by atoms with Gasteiger partial charge in [0.2, 0.25) is 5.95 Å². The fourth-order valence-electron chi connectivity index (χ4n) is 4.27. The Kier molecular flexibility index (Phi) is 4.69. The summed E-state index contributed by atoms with van der Waals surface area (Å²) >= 11 is 0. The van der Waals surface area contributed by atoms with Crippen LogP contribution in [0.25, 0.3) is 33.2 Å². The molecule has 6 N–H and O–H groups in total. The number of H-pyrrole nitrogens is 2. The zero-order chi connectivity index (χ0) is 23.2. The number of nitrogen functional groups attached to an aromatic ring is 2. The zero-order valence-electron chi connectivity index (χ0n) is 18.4. The van der Waals surface area contributed by atoms with Gasteiger partial charge >= 0.3 is 0 Å². The third-order valence-electron chi connectivity index (χ3n) is 6.02. The first-order valence-corrected chi connectivity index (χ1v) is 10.9. The summed E-state index contributed by atoms with van der Waals surface area (Å²) in [6.45, 7) is 1.78. The number of aromatic amines is 2. The molecule has 172 valence electrons. The lowest BCUT2D eigenvalue weighted by Gasteiger charge is -2.33. The molecule has 0 amide bonds. The molecule has 1 atom stereocenters. The Morgan fingerprint density at radius 3 is 2.85 bits per heavy atom. The monoisotopic (exact) mass is 457 g/mol. The molecule has 34 heavy (non-hydrogen) atoms. The number of benzene rings is 2. The summed E-state index contributed by atoms with van der Waals surface area (Å²) in [7, 11) is 1.64. The van der Waals surface area contributed by atoms with Gasteiger partial charge in [-0.25, -0.2) is 9.97 Å². The van der Waals surface area contributed by atoms with Crippen molar-refractivity contribution < 1.29 is 9.47 Å². The molecule has 2 aromatic carbocycles. The van der Waals surface area contributed by atoms with Crippen LogP contribution in [0.2, 0.25) is 0 Å². The highest BCUT2D eigenvalue weighted by Crippen LogP contribution is 2.30. The number of anilines is 3. The van der Waals surface area contributed by atoms with E-state index in [-0.39, 0.29) is 12.1 Å². The van der Waals surface area contributed by atoms with Crippen molar-refractivity contribution in [3.63, 3.8) is 0 Å². The predicted octanol–water partition coefficient (Wildman–Crippen LogP) is 2.65. The highest BCUT2D eigenvalue weighted by molar-refractivity contribution is 5.91. The lowest BCUT2D eigenvalue weighted by molar-refractivity contribution is 0.0345. The molecule has 0 aliphatic carbocycles. The second kappa shape index (κ2) is 7.89. The van der Waals surface area contributed by atoms with E-state index in [1.807, 2.05) is 42.5 Å². The Balaban J connectivity index is 1.30. The van der Waals surface area contributed by atoms with Gasteiger partial charge in [0, 0.05) is 29.6 Å². The SMILES string of the molecule is COc1ccc2nc(C3CN(c4cc(-c5ccc6c(N)n[nH]c6c5)nc(N)n4)CCO3)[nH]c2c1. The van der Waals surface area contributed by atoms with Gasteiger partial charge in [-0.1, -0.05) is 6.07 Å². The number of nitrogens with zero attached hydrogens (tertiary/aromatic N) is 5. The van der Waals surface area contributed by atoms with Crippen molar-refractivity contribution in [1.29, 1.82) is 0 Å². The molecule has 0 spiro atoms. The number of rotatable bonds is 4. The second-order valence-corrected chi connectivity index (χ2v) is 8.15. The van der Waals surface area contributed by atoms with E-state index in [0.29, 0.717) is 25.5 Å². The van der Waals surface area contributed by atoms with Crippen molar-refractivity contribution in [3.8, 4) is 17.0 Å². The molecule has 1 saturated heterocycles. The standard InChI is InChI=1S/C23H23N9O2/c1-33-13-3-5-15-18(9-13)27-22(26-15)19-11-32(6-7-34-19)20-10-16(28-23(25)29-20)12-2-4-14-17(8-12)30-31-21(14)24/h2-5,8-10,19H,6-7,11H2,1H3,(H,26,27)(H3,24,30,31)(H2,25,28,29). The molecule has 3 aromatic heterocycles. The molecule has 11 nitrogen and oxygen atoms in total. The molecule has 4 heterocycles. The average molecular weight is 457 g/mol. The first kappa shape index (κ1) is 20.2. The average Bonchev–Trinajstić information content (AvgIpc) is 3.46. The van der Waals surface area contributed by atoms with Gasteiger partial charge in [-0.3, -0.25) is 5.10 Å². The van der Waals surface area contributed by atoms with Crippen molar-refractivity contribution in [3.05, 3.63) is 48.3 Å². The van der Waals surface area contributed by atoms with Crippen LogP contribution in [0.3, 0.4) is 0 Å². The van der Waals surface area contributed by atoms with Crippen LogP contribution in [0.1, 0.15) is 11.9 Å². The smallest absolute Gasteiger partial charge is 0.222 e. The van der Waals surface area contributed by atoms with Gasteiger partial charge in [0.25, 0.3) is 0 Å². The van der Waals surface area contributed by atoms with E-state index in [0.717, 1.165) is 50.6 Å². The maximum absolute atomic E-state index is 6.09.